The zero-order chi connectivity index (χ0) is 17.4. The molecule has 0 aromatic carbocycles. The fourth-order valence-corrected chi connectivity index (χ4v) is 2.68. The minimum absolute atomic E-state index is 0.00713. The molecule has 0 saturated carbocycles. The first-order valence-electron chi connectivity index (χ1n) is 8.24. The average Bonchev–Trinajstić information content (AvgIpc) is 2.61. The predicted molar refractivity (Wildman–Crippen MR) is 90.2 cm³/mol. The summed E-state index contributed by atoms with van der Waals surface area (Å²) >= 11 is 0. The second-order valence-electron chi connectivity index (χ2n) is 6.01. The van der Waals surface area contributed by atoms with Gasteiger partial charge in [-0.15, -0.1) is 0 Å². The highest BCUT2D eigenvalue weighted by Crippen LogP contribution is 2.07. The summed E-state index contributed by atoms with van der Waals surface area (Å²) in [5.41, 5.74) is 1.09. The highest BCUT2D eigenvalue weighted by molar-refractivity contribution is 5.81. The van der Waals surface area contributed by atoms with E-state index in [1.807, 2.05) is 24.4 Å². The van der Waals surface area contributed by atoms with E-state index >= 15 is 0 Å². The van der Waals surface area contributed by atoms with E-state index in [1.165, 1.54) is 12.0 Å². The number of piperazine rings is 1. The Labute approximate surface area is 143 Å². The van der Waals surface area contributed by atoms with Gasteiger partial charge in [0.25, 0.3) is 0 Å². The fraction of sp³-hybridized carbons (Fsp3) is 0.588. The second kappa shape index (κ2) is 9.34. The molecule has 7 nitrogen and oxygen atoms in total. The van der Waals surface area contributed by atoms with Crippen LogP contribution in [0.5, 0.6) is 0 Å². The number of nitrogens with zero attached hydrogens (tertiary/aromatic N) is 4. The van der Waals surface area contributed by atoms with Gasteiger partial charge < -0.3 is 14.5 Å². The third-order valence-corrected chi connectivity index (χ3v) is 4.24. The van der Waals surface area contributed by atoms with Crippen LogP contribution in [0.4, 0.5) is 0 Å². The van der Waals surface area contributed by atoms with Gasteiger partial charge in [-0.1, -0.05) is 6.07 Å². The van der Waals surface area contributed by atoms with Crippen LogP contribution < -0.4 is 0 Å². The first-order valence-corrected chi connectivity index (χ1v) is 8.24. The Kier molecular flexibility index (Phi) is 7.14. The van der Waals surface area contributed by atoms with Crippen molar-refractivity contribution in [1.82, 2.24) is 19.7 Å². The standard InChI is InChI=1S/C17H26N4O3/c1-19(14-17(23)24-2)16(22)6-8-20-9-11-21(12-10-20)13-15-5-3-4-7-18-15/h3-5,7H,6,8-14H2,1-2H3. The molecule has 1 aliphatic heterocycles. The van der Waals surface area contributed by atoms with Crippen molar-refractivity contribution in [1.29, 1.82) is 0 Å². The van der Waals surface area contributed by atoms with Crippen molar-refractivity contribution < 1.29 is 14.3 Å². The van der Waals surface area contributed by atoms with Crippen LogP contribution in [-0.4, -0.2) is 85.0 Å². The summed E-state index contributed by atoms with van der Waals surface area (Å²) in [4.78, 5) is 33.6. The highest BCUT2D eigenvalue weighted by Gasteiger charge is 2.19. The lowest BCUT2D eigenvalue weighted by Crippen LogP contribution is -2.47. The fourth-order valence-electron chi connectivity index (χ4n) is 2.68. The lowest BCUT2D eigenvalue weighted by molar-refractivity contribution is -0.146. The summed E-state index contributed by atoms with van der Waals surface area (Å²) in [7, 11) is 2.95. The second-order valence-corrected chi connectivity index (χ2v) is 6.01. The average molecular weight is 334 g/mol. The van der Waals surface area contributed by atoms with Crippen LogP contribution in [-0.2, 0) is 20.9 Å². The number of likely N-dealkylation sites (N-methyl/N-ethyl adjacent to an activating group) is 1. The van der Waals surface area contributed by atoms with Crippen molar-refractivity contribution in [2.45, 2.75) is 13.0 Å². The molecule has 1 aromatic rings. The van der Waals surface area contributed by atoms with Gasteiger partial charge in [-0.3, -0.25) is 19.5 Å². The molecule has 2 rings (SSSR count). The summed E-state index contributed by atoms with van der Waals surface area (Å²) < 4.78 is 4.57. The van der Waals surface area contributed by atoms with Gasteiger partial charge in [0, 0.05) is 58.9 Å². The molecule has 24 heavy (non-hydrogen) atoms. The molecule has 0 aliphatic carbocycles. The van der Waals surface area contributed by atoms with E-state index in [1.54, 1.807) is 7.05 Å². The molecule has 1 saturated heterocycles. The Bertz CT molecular complexity index is 530. The van der Waals surface area contributed by atoms with Gasteiger partial charge in [0.1, 0.15) is 6.54 Å². The number of rotatable bonds is 7. The van der Waals surface area contributed by atoms with Crippen molar-refractivity contribution in [3.63, 3.8) is 0 Å². The van der Waals surface area contributed by atoms with Gasteiger partial charge in [0.2, 0.25) is 5.91 Å². The maximum absolute atomic E-state index is 12.0. The number of carbonyl (C=O) groups is 2. The van der Waals surface area contributed by atoms with Crippen LogP contribution in [0.25, 0.3) is 0 Å². The predicted octanol–water partition coefficient (Wildman–Crippen LogP) is 0.221. The van der Waals surface area contributed by atoms with Crippen LogP contribution >= 0.6 is 0 Å². The van der Waals surface area contributed by atoms with Crippen LogP contribution in [0.15, 0.2) is 24.4 Å². The molecule has 1 fully saturated rings. The molecule has 132 valence electrons. The van der Waals surface area contributed by atoms with E-state index in [0.29, 0.717) is 6.42 Å². The largest absolute Gasteiger partial charge is 0.468 e. The van der Waals surface area contributed by atoms with Crippen LogP contribution in [0.3, 0.4) is 0 Å². The third kappa shape index (κ3) is 5.90. The lowest BCUT2D eigenvalue weighted by Gasteiger charge is -2.34. The molecule has 0 bridgehead atoms. The number of amides is 1. The number of carbonyl (C=O) groups excluding carboxylic acids is 2. The Morgan fingerprint density at radius 1 is 1.21 bits per heavy atom. The van der Waals surface area contributed by atoms with Gasteiger partial charge in [0.15, 0.2) is 0 Å². The molecule has 2 heterocycles. The molecule has 1 aromatic heterocycles. The lowest BCUT2D eigenvalue weighted by atomic mass is 10.2. The SMILES string of the molecule is COC(=O)CN(C)C(=O)CCN1CCN(Cc2ccccn2)CC1. The number of pyridine rings is 1. The molecule has 1 amide bonds. The van der Waals surface area contributed by atoms with E-state index in [0.717, 1.165) is 45.0 Å². The number of methoxy groups -OCH3 is 1. The Morgan fingerprint density at radius 3 is 2.54 bits per heavy atom. The van der Waals surface area contributed by atoms with Crippen molar-refractivity contribution >= 4 is 11.9 Å². The topological polar surface area (TPSA) is 66.0 Å². The summed E-state index contributed by atoms with van der Waals surface area (Å²) in [5, 5.41) is 0. The van der Waals surface area contributed by atoms with E-state index < -0.39 is 5.97 Å². The molecular formula is C17H26N4O3. The van der Waals surface area contributed by atoms with Crippen LogP contribution in [0.1, 0.15) is 12.1 Å². The number of ether oxygens (including phenoxy) is 1. The molecule has 1 aliphatic rings. The summed E-state index contributed by atoms with van der Waals surface area (Å²) in [5.74, 6) is -0.426. The first-order chi connectivity index (χ1) is 11.6. The first kappa shape index (κ1) is 18.4. The number of esters is 1. The van der Waals surface area contributed by atoms with Crippen LogP contribution in [0, 0.1) is 0 Å². The van der Waals surface area contributed by atoms with E-state index in [4.69, 9.17) is 0 Å². The molecule has 0 atom stereocenters. The third-order valence-electron chi connectivity index (χ3n) is 4.24. The Morgan fingerprint density at radius 2 is 1.92 bits per heavy atom. The normalized spacial score (nSPS) is 15.9. The van der Waals surface area contributed by atoms with Gasteiger partial charge >= 0.3 is 5.97 Å². The maximum atomic E-state index is 12.0. The summed E-state index contributed by atoms with van der Waals surface area (Å²) in [6.07, 6.45) is 2.25. The number of hydrogen-bond donors (Lipinski definition) is 0. The Hall–Kier alpha value is -1.99. The number of hydrogen-bond acceptors (Lipinski definition) is 6. The molecule has 0 N–H and O–H groups in total. The molecular weight excluding hydrogens is 308 g/mol. The van der Waals surface area contributed by atoms with Gasteiger partial charge in [-0.25, -0.2) is 0 Å². The summed E-state index contributed by atoms with van der Waals surface area (Å²) in [6, 6.07) is 5.98. The number of aromatic nitrogens is 1. The zero-order valence-electron chi connectivity index (χ0n) is 14.5. The quantitative estimate of drug-likeness (QED) is 0.665. The maximum Gasteiger partial charge on any atom is 0.325 e. The molecule has 7 heteroatoms. The monoisotopic (exact) mass is 334 g/mol. The summed E-state index contributed by atoms with van der Waals surface area (Å²) in [6.45, 7) is 5.44. The van der Waals surface area contributed by atoms with Crippen molar-refractivity contribution in [3.8, 4) is 0 Å². The van der Waals surface area contributed by atoms with Crippen molar-refractivity contribution in [3.05, 3.63) is 30.1 Å². The van der Waals surface area contributed by atoms with Crippen molar-refractivity contribution in [2.75, 3.05) is 53.4 Å². The molecule has 0 spiro atoms. The van der Waals surface area contributed by atoms with Gasteiger partial charge in [-0.2, -0.15) is 0 Å². The Balaban J connectivity index is 1.66. The highest BCUT2D eigenvalue weighted by atomic mass is 16.5. The van der Waals surface area contributed by atoms with Crippen LogP contribution in [0.2, 0.25) is 0 Å². The molecule has 0 unspecified atom stereocenters. The minimum Gasteiger partial charge on any atom is -0.468 e. The van der Waals surface area contributed by atoms with E-state index in [2.05, 4.69) is 19.5 Å². The molecule has 0 radical (unpaired) electrons. The van der Waals surface area contributed by atoms with E-state index in [-0.39, 0.29) is 12.5 Å². The van der Waals surface area contributed by atoms with Crippen molar-refractivity contribution in [2.24, 2.45) is 0 Å². The smallest absolute Gasteiger partial charge is 0.325 e. The minimum atomic E-state index is -0.394. The van der Waals surface area contributed by atoms with Gasteiger partial charge in [0.05, 0.1) is 12.8 Å². The van der Waals surface area contributed by atoms with E-state index in [9.17, 15) is 9.59 Å². The zero-order valence-corrected chi connectivity index (χ0v) is 14.5. The van der Waals surface area contributed by atoms with Gasteiger partial charge in [-0.05, 0) is 12.1 Å².